The molecule has 148 valence electrons. The van der Waals surface area contributed by atoms with Gasteiger partial charge in [-0.2, -0.15) is 0 Å². The lowest BCUT2D eigenvalue weighted by atomic mass is 10.1. The number of rotatable bonds is 9. The van der Waals surface area contributed by atoms with Gasteiger partial charge in [0.05, 0.1) is 18.8 Å². The highest BCUT2D eigenvalue weighted by Crippen LogP contribution is 2.09. The number of hydrogen-bond donors (Lipinski definition) is 2. The highest BCUT2D eigenvalue weighted by atomic mass is 16.6. The van der Waals surface area contributed by atoms with Crippen molar-refractivity contribution in [3.63, 3.8) is 0 Å². The molecule has 0 saturated heterocycles. The second-order valence-corrected chi connectivity index (χ2v) is 6.70. The summed E-state index contributed by atoms with van der Waals surface area (Å²) in [5.41, 5.74) is 5.65. The maximum absolute atomic E-state index is 11.8. The second kappa shape index (κ2) is 10.3. The molecule has 2 amide bonds. The molecule has 0 fully saturated rings. The van der Waals surface area contributed by atoms with Crippen LogP contribution in [0.1, 0.15) is 36.7 Å². The Morgan fingerprint density at radius 1 is 1.30 bits per heavy atom. The topological polar surface area (TPSA) is 117 Å². The molecule has 3 N–H and O–H groups in total. The maximum atomic E-state index is 11.8. The van der Waals surface area contributed by atoms with Crippen LogP contribution in [0.5, 0.6) is 0 Å². The zero-order chi connectivity index (χ0) is 20.4. The van der Waals surface area contributed by atoms with Gasteiger partial charge in [0, 0.05) is 0 Å². The fourth-order valence-electron chi connectivity index (χ4n) is 1.95. The molecule has 1 rings (SSSR count). The summed E-state index contributed by atoms with van der Waals surface area (Å²) in [5.74, 6) is -1.22. The highest BCUT2D eigenvalue weighted by Gasteiger charge is 2.23. The molecule has 0 saturated carbocycles. The van der Waals surface area contributed by atoms with Crippen LogP contribution in [0.15, 0.2) is 36.9 Å². The normalized spacial score (nSPS) is 12.0. The minimum atomic E-state index is -1.04. The fraction of sp³-hybridized carbons (Fsp3) is 0.421. The first-order valence-electron chi connectivity index (χ1n) is 8.36. The van der Waals surface area contributed by atoms with Crippen molar-refractivity contribution < 1.29 is 28.6 Å². The molecule has 1 aromatic rings. The van der Waals surface area contributed by atoms with Crippen LogP contribution in [0.25, 0.3) is 0 Å². The van der Waals surface area contributed by atoms with E-state index in [0.29, 0.717) is 11.1 Å². The van der Waals surface area contributed by atoms with Crippen LogP contribution in [0.2, 0.25) is 0 Å². The number of esters is 1. The third kappa shape index (κ3) is 8.87. The summed E-state index contributed by atoms with van der Waals surface area (Å²) in [4.78, 5) is 35.1. The Morgan fingerprint density at radius 2 is 2.00 bits per heavy atom. The number of hydrogen-bond acceptors (Lipinski definition) is 6. The molecule has 8 heteroatoms. The number of carbonyl (C=O) groups excluding carboxylic acids is 3. The van der Waals surface area contributed by atoms with Crippen LogP contribution >= 0.6 is 0 Å². The maximum Gasteiger partial charge on any atom is 0.408 e. The Kier molecular flexibility index (Phi) is 8.47. The predicted octanol–water partition coefficient (Wildman–Crippen LogP) is 1.92. The lowest BCUT2D eigenvalue weighted by Crippen LogP contribution is -2.48. The van der Waals surface area contributed by atoms with Gasteiger partial charge in [0.2, 0.25) is 5.91 Å². The van der Waals surface area contributed by atoms with Crippen molar-refractivity contribution in [1.82, 2.24) is 5.32 Å². The summed E-state index contributed by atoms with van der Waals surface area (Å²) in [6, 6.07) is 5.64. The van der Waals surface area contributed by atoms with E-state index < -0.39 is 29.6 Å². The van der Waals surface area contributed by atoms with Crippen molar-refractivity contribution in [1.29, 1.82) is 0 Å². The lowest BCUT2D eigenvalue weighted by molar-refractivity contribution is -0.121. The predicted molar refractivity (Wildman–Crippen MR) is 98.9 cm³/mol. The summed E-state index contributed by atoms with van der Waals surface area (Å²) >= 11 is 0. The number of amides is 2. The summed E-state index contributed by atoms with van der Waals surface area (Å²) < 4.78 is 15.5. The van der Waals surface area contributed by atoms with Gasteiger partial charge in [-0.05, 0) is 38.5 Å². The van der Waals surface area contributed by atoms with E-state index >= 15 is 0 Å². The molecule has 0 aliphatic rings. The zero-order valence-corrected chi connectivity index (χ0v) is 15.8. The summed E-state index contributed by atoms with van der Waals surface area (Å²) in [6.45, 7) is 8.69. The summed E-state index contributed by atoms with van der Waals surface area (Å²) in [5, 5.41) is 2.37. The highest BCUT2D eigenvalue weighted by molar-refractivity contribution is 5.89. The standard InChI is InChI=1S/C19H26N2O6/c1-5-9-26-17(23)14-8-6-7-13(10-14)11-25-12-15(16(20)22)21-18(24)27-19(2,3)4/h5-8,10,15H,1,9,11-12H2,2-4H3,(H2,20,22)(H,21,24)/t15-/m0/s1. The molecular formula is C19H26N2O6. The number of primary amides is 1. The van der Waals surface area contributed by atoms with Crippen LogP contribution in [0, 0.1) is 0 Å². The van der Waals surface area contributed by atoms with E-state index in [9.17, 15) is 14.4 Å². The number of nitrogens with two attached hydrogens (primary N) is 1. The van der Waals surface area contributed by atoms with Crippen LogP contribution in [-0.2, 0) is 25.6 Å². The van der Waals surface area contributed by atoms with Crippen LogP contribution in [0.3, 0.4) is 0 Å². The largest absolute Gasteiger partial charge is 0.458 e. The Bertz CT molecular complexity index is 681. The fourth-order valence-corrected chi connectivity index (χ4v) is 1.95. The summed E-state index contributed by atoms with van der Waals surface area (Å²) in [6.07, 6.45) is 0.717. The molecule has 1 aromatic carbocycles. The molecule has 0 aliphatic carbocycles. The number of nitrogens with one attached hydrogen (secondary N) is 1. The van der Waals surface area contributed by atoms with Crippen molar-refractivity contribution >= 4 is 18.0 Å². The molecule has 0 bridgehead atoms. The van der Waals surface area contributed by atoms with Crippen LogP contribution in [0.4, 0.5) is 4.79 Å². The molecule has 0 aromatic heterocycles. The van der Waals surface area contributed by atoms with Crippen molar-refractivity contribution in [2.45, 2.75) is 39.0 Å². The monoisotopic (exact) mass is 378 g/mol. The van der Waals surface area contributed by atoms with Gasteiger partial charge in [0.15, 0.2) is 0 Å². The van der Waals surface area contributed by atoms with E-state index in [4.69, 9.17) is 19.9 Å². The molecule has 0 aliphatic heterocycles. The first-order chi connectivity index (χ1) is 12.6. The molecular weight excluding hydrogens is 352 g/mol. The lowest BCUT2D eigenvalue weighted by Gasteiger charge is -2.22. The summed E-state index contributed by atoms with van der Waals surface area (Å²) in [7, 11) is 0. The van der Waals surface area contributed by atoms with E-state index in [1.54, 1.807) is 45.0 Å². The van der Waals surface area contributed by atoms with Gasteiger partial charge in [-0.25, -0.2) is 9.59 Å². The van der Waals surface area contributed by atoms with Crippen LogP contribution < -0.4 is 11.1 Å². The van der Waals surface area contributed by atoms with E-state index in [2.05, 4.69) is 11.9 Å². The molecule has 0 radical (unpaired) electrons. The third-order valence-corrected chi connectivity index (χ3v) is 3.08. The molecule has 0 heterocycles. The number of ether oxygens (including phenoxy) is 3. The third-order valence-electron chi connectivity index (χ3n) is 3.08. The SMILES string of the molecule is C=CCOC(=O)c1cccc(COC[C@H](NC(=O)OC(C)(C)C)C(N)=O)c1. The van der Waals surface area contributed by atoms with Crippen molar-refractivity contribution in [3.05, 3.63) is 48.0 Å². The average Bonchev–Trinajstić information content (AvgIpc) is 2.57. The van der Waals surface area contributed by atoms with Crippen molar-refractivity contribution in [2.24, 2.45) is 5.73 Å². The minimum absolute atomic E-state index is 0.113. The van der Waals surface area contributed by atoms with Gasteiger partial charge in [-0.1, -0.05) is 24.8 Å². The number of alkyl carbamates (subject to hydrolysis) is 1. The Balaban J connectivity index is 2.58. The van der Waals surface area contributed by atoms with Gasteiger partial charge < -0.3 is 25.3 Å². The first kappa shape index (κ1) is 22.2. The smallest absolute Gasteiger partial charge is 0.408 e. The van der Waals surface area contributed by atoms with Gasteiger partial charge in [-0.3, -0.25) is 4.79 Å². The molecule has 0 spiro atoms. The van der Waals surface area contributed by atoms with Crippen molar-refractivity contribution in [2.75, 3.05) is 13.2 Å². The van der Waals surface area contributed by atoms with E-state index in [1.165, 1.54) is 6.08 Å². The van der Waals surface area contributed by atoms with E-state index in [-0.39, 0.29) is 19.8 Å². The molecule has 27 heavy (non-hydrogen) atoms. The number of carbonyl (C=O) groups is 3. The average molecular weight is 378 g/mol. The van der Waals surface area contributed by atoms with Gasteiger partial charge in [-0.15, -0.1) is 0 Å². The Hall–Kier alpha value is -2.87. The van der Waals surface area contributed by atoms with Crippen molar-refractivity contribution in [3.8, 4) is 0 Å². The Labute approximate surface area is 158 Å². The first-order valence-corrected chi connectivity index (χ1v) is 8.36. The molecule has 1 atom stereocenters. The van der Waals surface area contributed by atoms with Gasteiger partial charge in [0.1, 0.15) is 18.2 Å². The van der Waals surface area contributed by atoms with Gasteiger partial charge in [0.25, 0.3) is 0 Å². The van der Waals surface area contributed by atoms with Crippen LogP contribution in [-0.4, -0.2) is 42.8 Å². The zero-order valence-electron chi connectivity index (χ0n) is 15.8. The molecule has 0 unspecified atom stereocenters. The Morgan fingerprint density at radius 3 is 2.59 bits per heavy atom. The minimum Gasteiger partial charge on any atom is -0.458 e. The second-order valence-electron chi connectivity index (χ2n) is 6.70. The van der Waals surface area contributed by atoms with Gasteiger partial charge >= 0.3 is 12.1 Å². The quantitative estimate of drug-likeness (QED) is 0.501. The van der Waals surface area contributed by atoms with E-state index in [0.717, 1.165) is 0 Å². The number of benzene rings is 1. The molecule has 8 nitrogen and oxygen atoms in total. The van der Waals surface area contributed by atoms with E-state index in [1.807, 2.05) is 0 Å².